The van der Waals surface area contributed by atoms with Crippen LogP contribution >= 0.6 is 0 Å². The van der Waals surface area contributed by atoms with Crippen molar-refractivity contribution in [1.29, 1.82) is 0 Å². The summed E-state index contributed by atoms with van der Waals surface area (Å²) in [6.45, 7) is 4.45. The van der Waals surface area contributed by atoms with E-state index in [1.165, 1.54) is 0 Å². The van der Waals surface area contributed by atoms with Gasteiger partial charge in [-0.15, -0.1) is 0 Å². The Bertz CT molecular complexity index is 210. The van der Waals surface area contributed by atoms with Crippen LogP contribution in [0.4, 0.5) is 0 Å². The molecule has 0 amide bonds. The highest BCUT2D eigenvalue weighted by atomic mass is 16.3. The van der Waals surface area contributed by atoms with Gasteiger partial charge in [-0.25, -0.2) is 0 Å². The van der Waals surface area contributed by atoms with E-state index < -0.39 is 6.10 Å². The summed E-state index contributed by atoms with van der Waals surface area (Å²) in [5.74, 6) is 0.348. The molecule has 0 saturated heterocycles. The monoisotopic (exact) mass is 167 g/mol. The van der Waals surface area contributed by atoms with Gasteiger partial charge in [0.25, 0.3) is 0 Å². The van der Waals surface area contributed by atoms with Gasteiger partial charge in [-0.3, -0.25) is 0 Å². The Labute approximate surface area is 73.8 Å². The molecule has 1 aliphatic carbocycles. The van der Waals surface area contributed by atoms with Crippen LogP contribution in [0, 0.1) is 11.3 Å². The fourth-order valence-corrected chi connectivity index (χ4v) is 1.52. The van der Waals surface area contributed by atoms with Gasteiger partial charge >= 0.3 is 0 Å². The molecule has 0 aliphatic heterocycles. The fourth-order valence-electron chi connectivity index (χ4n) is 1.52. The Hall–Kier alpha value is -0.600. The second-order valence-corrected chi connectivity index (χ2v) is 3.65. The largest absolute Gasteiger partial charge is 0.391 e. The smallest absolute Gasteiger partial charge is 0.0755 e. The van der Waals surface area contributed by atoms with Crippen molar-refractivity contribution in [2.75, 3.05) is 6.54 Å². The normalized spacial score (nSPS) is 36.8. The van der Waals surface area contributed by atoms with Crippen LogP contribution in [0.3, 0.4) is 0 Å². The van der Waals surface area contributed by atoms with Crippen LogP contribution < -0.4 is 5.73 Å². The molecule has 2 nitrogen and oxygen atoms in total. The fraction of sp³-hybridized carbons (Fsp3) is 0.600. The maximum atomic E-state index is 9.70. The summed E-state index contributed by atoms with van der Waals surface area (Å²) in [5.41, 5.74) is 5.25. The van der Waals surface area contributed by atoms with Crippen molar-refractivity contribution in [3.05, 3.63) is 24.3 Å². The third kappa shape index (κ3) is 1.45. The van der Waals surface area contributed by atoms with E-state index in [0.29, 0.717) is 12.5 Å². The van der Waals surface area contributed by atoms with Gasteiger partial charge in [0.15, 0.2) is 0 Å². The molecule has 0 aromatic carbocycles. The molecular weight excluding hydrogens is 150 g/mol. The first kappa shape index (κ1) is 9.49. The first-order valence-corrected chi connectivity index (χ1v) is 4.35. The van der Waals surface area contributed by atoms with Gasteiger partial charge < -0.3 is 10.8 Å². The Balaban J connectivity index is 2.82. The molecule has 0 saturated carbocycles. The van der Waals surface area contributed by atoms with Crippen molar-refractivity contribution >= 4 is 0 Å². The molecular formula is C10H17NO. The van der Waals surface area contributed by atoms with Gasteiger partial charge in [-0.05, 0) is 5.92 Å². The van der Waals surface area contributed by atoms with E-state index in [1.54, 1.807) is 0 Å². The molecule has 0 aromatic heterocycles. The molecule has 0 aromatic rings. The van der Waals surface area contributed by atoms with Crippen molar-refractivity contribution < 1.29 is 5.11 Å². The molecule has 3 N–H and O–H groups in total. The first-order chi connectivity index (χ1) is 5.61. The Morgan fingerprint density at radius 1 is 1.58 bits per heavy atom. The lowest BCUT2D eigenvalue weighted by molar-refractivity contribution is 0.0532. The summed E-state index contributed by atoms with van der Waals surface area (Å²) < 4.78 is 0. The molecule has 12 heavy (non-hydrogen) atoms. The van der Waals surface area contributed by atoms with Gasteiger partial charge in [0, 0.05) is 12.0 Å². The Morgan fingerprint density at radius 3 is 2.75 bits per heavy atom. The zero-order valence-electron chi connectivity index (χ0n) is 7.70. The van der Waals surface area contributed by atoms with Crippen LogP contribution in [-0.4, -0.2) is 17.8 Å². The maximum Gasteiger partial charge on any atom is 0.0755 e. The molecule has 68 valence electrons. The first-order valence-electron chi connectivity index (χ1n) is 4.35. The van der Waals surface area contributed by atoms with E-state index in [0.717, 1.165) is 0 Å². The minimum atomic E-state index is -0.450. The summed E-state index contributed by atoms with van der Waals surface area (Å²) in [4.78, 5) is 0. The molecule has 0 spiro atoms. The topological polar surface area (TPSA) is 46.2 Å². The van der Waals surface area contributed by atoms with Crippen LogP contribution in [0.5, 0.6) is 0 Å². The van der Waals surface area contributed by atoms with E-state index >= 15 is 0 Å². The maximum absolute atomic E-state index is 9.70. The summed E-state index contributed by atoms with van der Waals surface area (Å²) in [6.07, 6.45) is 7.66. The number of allylic oxidation sites excluding steroid dienone is 3. The Morgan fingerprint density at radius 2 is 2.25 bits per heavy atom. The lowest BCUT2D eigenvalue weighted by Crippen LogP contribution is -2.41. The molecule has 0 radical (unpaired) electrons. The molecule has 3 unspecified atom stereocenters. The standard InChI is InChI=1S/C10H17NO/c1-8-5-3-4-6-10(8,2)9(12)7-11/h3-6,8-9,12H,7,11H2,1-2H3. The third-order valence-corrected chi connectivity index (χ3v) is 2.89. The van der Waals surface area contributed by atoms with Crippen LogP contribution in [0.2, 0.25) is 0 Å². The number of rotatable bonds is 2. The van der Waals surface area contributed by atoms with Crippen molar-refractivity contribution in [3.63, 3.8) is 0 Å². The summed E-state index contributed by atoms with van der Waals surface area (Å²) >= 11 is 0. The van der Waals surface area contributed by atoms with Crippen LogP contribution in [0.25, 0.3) is 0 Å². The van der Waals surface area contributed by atoms with Gasteiger partial charge in [-0.2, -0.15) is 0 Å². The van der Waals surface area contributed by atoms with Crippen molar-refractivity contribution in [2.24, 2.45) is 17.1 Å². The highest BCUT2D eigenvalue weighted by Gasteiger charge is 2.34. The average Bonchev–Trinajstić information content (AvgIpc) is 2.09. The van der Waals surface area contributed by atoms with E-state index in [4.69, 9.17) is 5.73 Å². The molecule has 1 aliphatic rings. The second-order valence-electron chi connectivity index (χ2n) is 3.65. The number of hydrogen-bond donors (Lipinski definition) is 2. The molecule has 2 heteroatoms. The molecule has 0 heterocycles. The molecule has 1 rings (SSSR count). The SMILES string of the molecule is CC1C=CC=CC1(C)C(O)CN. The van der Waals surface area contributed by atoms with Crippen molar-refractivity contribution in [1.82, 2.24) is 0 Å². The number of hydrogen-bond acceptors (Lipinski definition) is 2. The number of aliphatic hydroxyl groups excluding tert-OH is 1. The zero-order valence-corrected chi connectivity index (χ0v) is 7.70. The summed E-state index contributed by atoms with van der Waals surface area (Å²) in [7, 11) is 0. The molecule has 3 atom stereocenters. The van der Waals surface area contributed by atoms with Crippen LogP contribution in [0.1, 0.15) is 13.8 Å². The van der Waals surface area contributed by atoms with E-state index in [1.807, 2.05) is 25.2 Å². The van der Waals surface area contributed by atoms with Gasteiger partial charge in [0.1, 0.15) is 0 Å². The Kier molecular flexibility index (Phi) is 2.70. The van der Waals surface area contributed by atoms with E-state index in [-0.39, 0.29) is 5.41 Å². The zero-order chi connectivity index (χ0) is 9.19. The number of nitrogens with two attached hydrogens (primary N) is 1. The minimum Gasteiger partial charge on any atom is -0.391 e. The lowest BCUT2D eigenvalue weighted by Gasteiger charge is -2.36. The second kappa shape index (κ2) is 3.42. The van der Waals surface area contributed by atoms with Gasteiger partial charge in [0.2, 0.25) is 0 Å². The van der Waals surface area contributed by atoms with Crippen LogP contribution in [0.15, 0.2) is 24.3 Å². The average molecular weight is 167 g/mol. The molecule has 0 fully saturated rings. The van der Waals surface area contributed by atoms with Gasteiger partial charge in [-0.1, -0.05) is 38.2 Å². The van der Waals surface area contributed by atoms with Crippen molar-refractivity contribution in [3.8, 4) is 0 Å². The third-order valence-electron chi connectivity index (χ3n) is 2.89. The van der Waals surface area contributed by atoms with Gasteiger partial charge in [0.05, 0.1) is 6.10 Å². The minimum absolute atomic E-state index is 0.191. The van der Waals surface area contributed by atoms with E-state index in [2.05, 4.69) is 13.0 Å². The highest BCUT2D eigenvalue weighted by molar-refractivity contribution is 5.20. The quantitative estimate of drug-likeness (QED) is 0.646. The van der Waals surface area contributed by atoms with E-state index in [9.17, 15) is 5.11 Å². The van der Waals surface area contributed by atoms with Crippen molar-refractivity contribution in [2.45, 2.75) is 20.0 Å². The number of aliphatic hydroxyl groups is 1. The highest BCUT2D eigenvalue weighted by Crippen LogP contribution is 2.35. The summed E-state index contributed by atoms with van der Waals surface area (Å²) in [6, 6.07) is 0. The lowest BCUT2D eigenvalue weighted by atomic mass is 9.71. The predicted molar refractivity (Wildman–Crippen MR) is 50.6 cm³/mol. The predicted octanol–water partition coefficient (Wildman–Crippen LogP) is 1.07. The molecule has 0 bridgehead atoms. The van der Waals surface area contributed by atoms with Crippen LogP contribution in [-0.2, 0) is 0 Å². The summed E-state index contributed by atoms with van der Waals surface area (Å²) in [5, 5.41) is 9.70.